The molecular formula is C59H47N5Pt. The molecule has 0 bridgehead atoms. The summed E-state index contributed by atoms with van der Waals surface area (Å²) in [5, 5.41) is 2.26. The molecule has 10 aromatic rings. The molecule has 0 aliphatic carbocycles. The number of para-hydroxylation sites is 4. The molecule has 1 aliphatic heterocycles. The molecule has 0 saturated carbocycles. The Balaban J connectivity index is 0.00000498. The van der Waals surface area contributed by atoms with Crippen molar-refractivity contribution >= 4 is 55.9 Å². The number of aryl methyl sites for hydroxylation is 2. The zero-order valence-corrected chi connectivity index (χ0v) is 39.1. The summed E-state index contributed by atoms with van der Waals surface area (Å²) in [5.74, 6) is 0.827. The minimum absolute atomic E-state index is 0. The van der Waals surface area contributed by atoms with Gasteiger partial charge < -0.3 is 19.3 Å². The van der Waals surface area contributed by atoms with Crippen molar-refractivity contribution in [1.82, 2.24) is 9.55 Å². The summed E-state index contributed by atoms with van der Waals surface area (Å²) in [4.78, 5) is 12.3. The molecule has 0 spiro atoms. The molecule has 0 N–H and O–H groups in total. The van der Waals surface area contributed by atoms with Gasteiger partial charge in [0, 0.05) is 23.4 Å². The van der Waals surface area contributed by atoms with Gasteiger partial charge in [-0.2, -0.15) is 12.1 Å². The normalized spacial score (nSPS) is 12.2. The van der Waals surface area contributed by atoms with Crippen LogP contribution in [0.5, 0.6) is 0 Å². The molecule has 0 radical (unpaired) electrons. The molecule has 5 nitrogen and oxygen atoms in total. The minimum Gasteiger partial charge on any atom is -0.358 e. The summed E-state index contributed by atoms with van der Waals surface area (Å²) in [7, 11) is 0. The first-order chi connectivity index (χ1) is 31.4. The van der Waals surface area contributed by atoms with Gasteiger partial charge in [0.05, 0.1) is 18.0 Å². The van der Waals surface area contributed by atoms with Gasteiger partial charge >= 0.3 is 21.1 Å². The quantitative estimate of drug-likeness (QED) is 0.135. The standard InChI is InChI=1S/C59H47N5.Pt/c1-40(2)61-39-62(55-31-14-13-30-54(55)61)46-24-16-25-47(37-46)63(59-41(3)18-15-19-42(59)4)48-32-33-52-51-26-11-12-29-53(51)64(56(52)38-48)57-36-45(34-35-60-57)58-49(43-20-7-5-8-21-43)27-17-28-50(58)44-22-9-6-10-23-44;/h5-36,40H,39H2,1-4H3;/q-2;+2. The average molecular weight is 1020 g/mol. The molecule has 2 aromatic heterocycles. The predicted octanol–water partition coefficient (Wildman–Crippen LogP) is 15.2. The first-order valence-electron chi connectivity index (χ1n) is 22.1. The van der Waals surface area contributed by atoms with Crippen molar-refractivity contribution in [2.24, 2.45) is 0 Å². The Labute approximate surface area is 396 Å². The van der Waals surface area contributed by atoms with E-state index in [0.717, 1.165) is 62.6 Å². The van der Waals surface area contributed by atoms with Gasteiger partial charge in [-0.15, -0.1) is 35.7 Å². The number of nitrogens with zero attached hydrogens (tertiary/aromatic N) is 5. The Bertz CT molecular complexity index is 3260. The van der Waals surface area contributed by atoms with E-state index in [4.69, 9.17) is 4.98 Å². The first kappa shape index (κ1) is 41.8. The van der Waals surface area contributed by atoms with Gasteiger partial charge in [0.1, 0.15) is 5.82 Å². The van der Waals surface area contributed by atoms with E-state index in [1.165, 1.54) is 50.3 Å². The van der Waals surface area contributed by atoms with Crippen LogP contribution in [0.2, 0.25) is 0 Å². The number of aromatic nitrogens is 2. The summed E-state index contributed by atoms with van der Waals surface area (Å²) in [5.41, 5.74) is 17.8. The smallest absolute Gasteiger partial charge is 0.358 e. The van der Waals surface area contributed by atoms with Crippen LogP contribution < -0.4 is 14.7 Å². The largest absolute Gasteiger partial charge is 2.00 e. The molecular weight excluding hydrogens is 974 g/mol. The van der Waals surface area contributed by atoms with Gasteiger partial charge in [-0.05, 0) is 108 Å². The van der Waals surface area contributed by atoms with E-state index < -0.39 is 0 Å². The molecule has 3 heterocycles. The Morgan fingerprint density at radius 3 is 1.88 bits per heavy atom. The number of pyridine rings is 1. The summed E-state index contributed by atoms with van der Waals surface area (Å²) in [6.45, 7) is 9.65. The fourth-order valence-corrected chi connectivity index (χ4v) is 9.68. The van der Waals surface area contributed by atoms with Crippen LogP contribution >= 0.6 is 0 Å². The van der Waals surface area contributed by atoms with Crippen molar-refractivity contribution < 1.29 is 21.1 Å². The number of hydrogen-bond acceptors (Lipinski definition) is 4. The van der Waals surface area contributed by atoms with Crippen molar-refractivity contribution in [3.05, 3.63) is 218 Å². The fraction of sp³-hybridized carbons (Fsp3) is 0.102. The van der Waals surface area contributed by atoms with Crippen LogP contribution in [0, 0.1) is 26.0 Å². The zero-order chi connectivity index (χ0) is 43.3. The topological polar surface area (TPSA) is 27.5 Å². The first-order valence-corrected chi connectivity index (χ1v) is 22.1. The predicted molar refractivity (Wildman–Crippen MR) is 268 cm³/mol. The maximum Gasteiger partial charge on any atom is 2.00 e. The summed E-state index contributed by atoms with van der Waals surface area (Å²) in [6.07, 6.45) is 1.95. The minimum atomic E-state index is 0. The van der Waals surface area contributed by atoms with Gasteiger partial charge in [-0.3, -0.25) is 0 Å². The maximum atomic E-state index is 5.14. The third-order valence-electron chi connectivity index (χ3n) is 12.7. The number of hydrogen-bond donors (Lipinski definition) is 0. The Kier molecular flexibility index (Phi) is 11.2. The number of fused-ring (bicyclic) bond motifs is 4. The van der Waals surface area contributed by atoms with Gasteiger partial charge in [0.15, 0.2) is 0 Å². The second kappa shape index (κ2) is 17.4. The van der Waals surface area contributed by atoms with Gasteiger partial charge in [0.2, 0.25) is 0 Å². The van der Waals surface area contributed by atoms with Crippen LogP contribution in [0.25, 0.3) is 61.0 Å². The van der Waals surface area contributed by atoms with Crippen molar-refractivity contribution in [2.45, 2.75) is 33.7 Å². The summed E-state index contributed by atoms with van der Waals surface area (Å²) in [6, 6.07) is 75.5. The van der Waals surface area contributed by atoms with E-state index in [2.05, 4.69) is 247 Å². The number of benzene rings is 8. The molecule has 318 valence electrons. The van der Waals surface area contributed by atoms with Crippen molar-refractivity contribution in [1.29, 1.82) is 0 Å². The third-order valence-corrected chi connectivity index (χ3v) is 12.7. The van der Waals surface area contributed by atoms with Crippen LogP contribution in [0.4, 0.5) is 34.1 Å². The van der Waals surface area contributed by atoms with Gasteiger partial charge in [-0.1, -0.05) is 150 Å². The SMILES string of the molecule is Cc1cccc(C)c1N(c1[c-]c(N2CN(C(C)C)c3ccccc32)ccc1)c1[c-]c2c(cc1)c1ccccc1n2-c1cc(-c2c(-c3ccccc3)cccc2-c2ccccc2)ccn1.[Pt+2]. The third kappa shape index (κ3) is 7.40. The molecule has 0 saturated heterocycles. The van der Waals surface area contributed by atoms with Gasteiger partial charge in [-0.25, -0.2) is 4.98 Å². The van der Waals surface area contributed by atoms with Crippen LogP contribution in [-0.2, 0) is 21.1 Å². The molecule has 0 fully saturated rings. The van der Waals surface area contributed by atoms with E-state index in [0.29, 0.717) is 6.04 Å². The molecule has 0 atom stereocenters. The maximum absolute atomic E-state index is 5.14. The van der Waals surface area contributed by atoms with E-state index in [1.54, 1.807) is 0 Å². The number of rotatable bonds is 9. The van der Waals surface area contributed by atoms with Crippen LogP contribution in [-0.4, -0.2) is 22.3 Å². The van der Waals surface area contributed by atoms with Crippen molar-refractivity contribution in [2.75, 3.05) is 21.4 Å². The molecule has 11 rings (SSSR count). The Morgan fingerprint density at radius 1 is 0.554 bits per heavy atom. The second-order valence-electron chi connectivity index (χ2n) is 16.9. The van der Waals surface area contributed by atoms with E-state index in [-0.39, 0.29) is 21.1 Å². The van der Waals surface area contributed by atoms with Crippen LogP contribution in [0.1, 0.15) is 25.0 Å². The fourth-order valence-electron chi connectivity index (χ4n) is 9.68. The molecule has 0 unspecified atom stereocenters. The van der Waals surface area contributed by atoms with Gasteiger partial charge in [0.25, 0.3) is 0 Å². The average Bonchev–Trinajstić information content (AvgIpc) is 3.90. The van der Waals surface area contributed by atoms with Crippen LogP contribution in [0.15, 0.2) is 194 Å². The second-order valence-corrected chi connectivity index (χ2v) is 16.9. The Hall–Kier alpha value is -7.20. The van der Waals surface area contributed by atoms with E-state index >= 15 is 0 Å². The summed E-state index contributed by atoms with van der Waals surface area (Å²) >= 11 is 0. The molecule has 8 aromatic carbocycles. The van der Waals surface area contributed by atoms with Crippen molar-refractivity contribution in [3.8, 4) is 39.2 Å². The zero-order valence-electron chi connectivity index (χ0n) is 36.8. The number of anilines is 6. The van der Waals surface area contributed by atoms with Crippen molar-refractivity contribution in [3.63, 3.8) is 0 Å². The monoisotopic (exact) mass is 1020 g/mol. The van der Waals surface area contributed by atoms with Crippen LogP contribution in [0.3, 0.4) is 0 Å². The summed E-state index contributed by atoms with van der Waals surface area (Å²) < 4.78 is 2.29. The molecule has 0 amide bonds. The van der Waals surface area contributed by atoms with E-state index in [1.807, 2.05) is 6.20 Å². The molecule has 1 aliphatic rings. The molecule has 6 heteroatoms. The Morgan fingerprint density at radius 2 is 1.17 bits per heavy atom. The molecule has 65 heavy (non-hydrogen) atoms. The van der Waals surface area contributed by atoms with E-state index in [9.17, 15) is 0 Å².